The van der Waals surface area contributed by atoms with Crippen LogP contribution in [0.2, 0.25) is 0 Å². The molecule has 3 aromatic rings. The summed E-state index contributed by atoms with van der Waals surface area (Å²) >= 11 is 0. The van der Waals surface area contributed by atoms with E-state index < -0.39 is 5.82 Å². The lowest BCUT2D eigenvalue weighted by Gasteiger charge is -2.00. The average molecular weight is 285 g/mol. The maximum Gasteiger partial charge on any atom is 0.262 e. The predicted molar refractivity (Wildman–Crippen MR) is 74.0 cm³/mol. The van der Waals surface area contributed by atoms with Crippen molar-refractivity contribution in [2.75, 3.05) is 0 Å². The highest BCUT2D eigenvalue weighted by atomic mass is 19.1. The fourth-order valence-corrected chi connectivity index (χ4v) is 2.03. The first-order valence-electron chi connectivity index (χ1n) is 6.46. The number of phenols is 1. The molecule has 21 heavy (non-hydrogen) atoms. The molecule has 5 nitrogen and oxygen atoms in total. The van der Waals surface area contributed by atoms with Crippen LogP contribution in [0, 0.1) is 5.82 Å². The lowest BCUT2D eigenvalue weighted by Crippen LogP contribution is -1.92. The van der Waals surface area contributed by atoms with Crippen molar-refractivity contribution in [1.29, 1.82) is 0 Å². The van der Waals surface area contributed by atoms with Gasteiger partial charge in [0.2, 0.25) is 5.82 Å². The molecule has 0 spiro atoms. The Balaban J connectivity index is 2.06. The molecule has 0 aliphatic carbocycles. The molecule has 2 aromatic heterocycles. The zero-order chi connectivity index (χ0) is 14.8. The molecule has 0 fully saturated rings. The monoisotopic (exact) mass is 285 g/mol. The highest BCUT2D eigenvalue weighted by Gasteiger charge is 2.17. The molecule has 106 valence electrons. The Labute approximate surface area is 120 Å². The first-order valence-corrected chi connectivity index (χ1v) is 6.46. The Morgan fingerprint density at radius 2 is 2.14 bits per heavy atom. The summed E-state index contributed by atoms with van der Waals surface area (Å²) in [7, 11) is 0. The van der Waals surface area contributed by atoms with Gasteiger partial charge in [-0.25, -0.2) is 4.39 Å². The third kappa shape index (κ3) is 2.47. The van der Waals surface area contributed by atoms with E-state index in [1.165, 1.54) is 6.07 Å². The summed E-state index contributed by atoms with van der Waals surface area (Å²) in [5.74, 6) is -0.251. The zero-order valence-electron chi connectivity index (χ0n) is 11.2. The molecule has 0 amide bonds. The molecule has 1 N–H and O–H groups in total. The minimum absolute atomic E-state index is 0.0507. The van der Waals surface area contributed by atoms with Gasteiger partial charge in [0, 0.05) is 6.20 Å². The average Bonchev–Trinajstić information content (AvgIpc) is 2.99. The number of pyridine rings is 1. The molecule has 0 aliphatic rings. The standard InChI is InChI=1S/C15H12FN3O2/c1-2-9-4-3-7-17-13(9)14-18-15(21-19-14)11-8-10(16)5-6-12(11)20/h3-8,20H,2H2,1H3. The second-order valence-corrected chi connectivity index (χ2v) is 4.45. The summed E-state index contributed by atoms with van der Waals surface area (Å²) in [6, 6.07) is 7.31. The maximum atomic E-state index is 13.3. The molecule has 1 aromatic carbocycles. The molecule has 0 bridgehead atoms. The van der Waals surface area contributed by atoms with Gasteiger partial charge in [-0.15, -0.1) is 0 Å². The normalized spacial score (nSPS) is 10.8. The van der Waals surface area contributed by atoms with Crippen molar-refractivity contribution in [2.45, 2.75) is 13.3 Å². The number of rotatable bonds is 3. The largest absolute Gasteiger partial charge is 0.507 e. The minimum Gasteiger partial charge on any atom is -0.507 e. The van der Waals surface area contributed by atoms with E-state index in [1.807, 2.05) is 19.1 Å². The fraction of sp³-hybridized carbons (Fsp3) is 0.133. The second kappa shape index (κ2) is 5.32. The number of hydrogen-bond donors (Lipinski definition) is 1. The quantitative estimate of drug-likeness (QED) is 0.800. The molecular formula is C15H12FN3O2. The number of aromatic hydroxyl groups is 1. The third-order valence-corrected chi connectivity index (χ3v) is 3.10. The van der Waals surface area contributed by atoms with Crippen LogP contribution in [0.15, 0.2) is 41.1 Å². The van der Waals surface area contributed by atoms with Crippen LogP contribution in [0.1, 0.15) is 12.5 Å². The van der Waals surface area contributed by atoms with Crippen molar-refractivity contribution in [3.8, 4) is 28.7 Å². The van der Waals surface area contributed by atoms with E-state index in [9.17, 15) is 9.50 Å². The van der Waals surface area contributed by atoms with Crippen LogP contribution in [0.3, 0.4) is 0 Å². The van der Waals surface area contributed by atoms with Crippen molar-refractivity contribution in [1.82, 2.24) is 15.1 Å². The zero-order valence-corrected chi connectivity index (χ0v) is 11.2. The van der Waals surface area contributed by atoms with Crippen LogP contribution in [0.4, 0.5) is 4.39 Å². The van der Waals surface area contributed by atoms with E-state index in [4.69, 9.17) is 4.52 Å². The predicted octanol–water partition coefficient (Wildman–Crippen LogP) is 3.21. The summed E-state index contributed by atoms with van der Waals surface area (Å²) < 4.78 is 18.4. The summed E-state index contributed by atoms with van der Waals surface area (Å²) in [5, 5.41) is 13.6. The summed E-state index contributed by atoms with van der Waals surface area (Å²) in [5.41, 5.74) is 1.75. The summed E-state index contributed by atoms with van der Waals surface area (Å²) in [6.45, 7) is 2.00. The Hall–Kier alpha value is -2.76. The van der Waals surface area contributed by atoms with Crippen molar-refractivity contribution in [2.24, 2.45) is 0 Å². The summed E-state index contributed by atoms with van der Waals surface area (Å²) in [6.07, 6.45) is 2.42. The van der Waals surface area contributed by atoms with E-state index >= 15 is 0 Å². The molecular weight excluding hydrogens is 273 g/mol. The van der Waals surface area contributed by atoms with Crippen molar-refractivity contribution < 1.29 is 14.0 Å². The molecule has 0 radical (unpaired) electrons. The molecule has 3 rings (SSSR count). The van der Waals surface area contributed by atoms with E-state index in [0.29, 0.717) is 11.5 Å². The Kier molecular flexibility index (Phi) is 3.35. The lowest BCUT2D eigenvalue weighted by molar-refractivity contribution is 0.424. The number of aromatic nitrogens is 3. The first kappa shape index (κ1) is 13.2. The molecule has 6 heteroatoms. The van der Waals surface area contributed by atoms with Crippen molar-refractivity contribution >= 4 is 0 Å². The number of nitrogens with zero attached hydrogens (tertiary/aromatic N) is 3. The van der Waals surface area contributed by atoms with E-state index in [0.717, 1.165) is 24.1 Å². The van der Waals surface area contributed by atoms with E-state index in [1.54, 1.807) is 6.20 Å². The smallest absolute Gasteiger partial charge is 0.262 e. The maximum absolute atomic E-state index is 13.3. The van der Waals surface area contributed by atoms with Crippen LogP contribution in [-0.2, 0) is 6.42 Å². The van der Waals surface area contributed by atoms with Gasteiger partial charge in [-0.1, -0.05) is 18.1 Å². The topological polar surface area (TPSA) is 72.0 Å². The molecule has 0 aliphatic heterocycles. The van der Waals surface area contributed by atoms with Crippen LogP contribution >= 0.6 is 0 Å². The Bertz CT molecular complexity index is 786. The van der Waals surface area contributed by atoms with Crippen molar-refractivity contribution in [3.05, 3.63) is 47.9 Å². The second-order valence-electron chi connectivity index (χ2n) is 4.45. The van der Waals surface area contributed by atoms with E-state index in [2.05, 4.69) is 15.1 Å². The van der Waals surface area contributed by atoms with Gasteiger partial charge < -0.3 is 9.63 Å². The van der Waals surface area contributed by atoms with Gasteiger partial charge in [0.15, 0.2) is 0 Å². The third-order valence-electron chi connectivity index (χ3n) is 3.10. The fourth-order valence-electron chi connectivity index (χ4n) is 2.03. The number of aryl methyl sites for hydroxylation is 1. The Morgan fingerprint density at radius 1 is 1.29 bits per heavy atom. The van der Waals surface area contributed by atoms with Gasteiger partial charge in [-0.05, 0) is 36.2 Å². The molecule has 0 saturated heterocycles. The van der Waals surface area contributed by atoms with Gasteiger partial charge in [0.1, 0.15) is 17.3 Å². The number of halogens is 1. The van der Waals surface area contributed by atoms with Gasteiger partial charge in [0.25, 0.3) is 5.89 Å². The van der Waals surface area contributed by atoms with Crippen LogP contribution in [-0.4, -0.2) is 20.2 Å². The van der Waals surface area contributed by atoms with Crippen molar-refractivity contribution in [3.63, 3.8) is 0 Å². The Morgan fingerprint density at radius 3 is 2.95 bits per heavy atom. The van der Waals surface area contributed by atoms with E-state index in [-0.39, 0.29) is 17.2 Å². The number of hydrogen-bond acceptors (Lipinski definition) is 5. The van der Waals surface area contributed by atoms with Crippen LogP contribution in [0.5, 0.6) is 5.75 Å². The highest BCUT2D eigenvalue weighted by Crippen LogP contribution is 2.30. The van der Waals surface area contributed by atoms with Gasteiger partial charge in [-0.3, -0.25) is 4.98 Å². The van der Waals surface area contributed by atoms with Gasteiger partial charge >= 0.3 is 0 Å². The highest BCUT2D eigenvalue weighted by molar-refractivity contribution is 5.64. The molecule has 0 unspecified atom stereocenters. The molecule has 0 saturated carbocycles. The van der Waals surface area contributed by atoms with Crippen LogP contribution < -0.4 is 0 Å². The minimum atomic E-state index is -0.491. The first-order chi connectivity index (χ1) is 10.2. The van der Waals surface area contributed by atoms with Gasteiger partial charge in [0.05, 0.1) is 5.56 Å². The van der Waals surface area contributed by atoms with Crippen LogP contribution in [0.25, 0.3) is 23.0 Å². The summed E-state index contributed by atoms with van der Waals surface area (Å²) in [4.78, 5) is 8.44. The molecule has 0 atom stereocenters. The lowest BCUT2D eigenvalue weighted by atomic mass is 10.1. The SMILES string of the molecule is CCc1cccnc1-c1noc(-c2cc(F)ccc2O)n1. The number of benzene rings is 1. The van der Waals surface area contributed by atoms with Gasteiger partial charge in [-0.2, -0.15) is 4.98 Å². The molecule has 2 heterocycles. The number of phenolic OH excluding ortho intramolecular Hbond substituents is 1.